The Hall–Kier alpha value is -2.10. The molecule has 10 heteroatoms. The largest absolute Gasteiger partial charge is 0.483 e. The highest BCUT2D eigenvalue weighted by Crippen LogP contribution is 2.37. The minimum atomic E-state index is -3.63. The molecule has 2 heterocycles. The number of hydrogen-bond acceptors (Lipinski definition) is 6. The van der Waals surface area contributed by atoms with E-state index in [1.807, 2.05) is 0 Å². The number of hydrogen-bond donors (Lipinski definition) is 2. The second-order valence-electron chi connectivity index (χ2n) is 5.71. The second-order valence-corrected chi connectivity index (χ2v) is 8.07. The van der Waals surface area contributed by atoms with Crippen molar-refractivity contribution in [3.05, 3.63) is 44.3 Å². The summed E-state index contributed by atoms with van der Waals surface area (Å²) < 4.78 is 34.6. The van der Waals surface area contributed by atoms with Crippen molar-refractivity contribution in [2.45, 2.75) is 17.9 Å². The maximum absolute atomic E-state index is 12.7. The maximum atomic E-state index is 12.7. The minimum absolute atomic E-state index is 0.0162. The number of H-pyrrole nitrogens is 2. The van der Waals surface area contributed by atoms with Crippen LogP contribution in [0.15, 0.2) is 21.8 Å². The molecule has 1 aliphatic heterocycles. The zero-order chi connectivity index (χ0) is 18.4. The van der Waals surface area contributed by atoms with Gasteiger partial charge >= 0.3 is 0 Å². The van der Waals surface area contributed by atoms with Crippen LogP contribution in [0, 0.1) is 6.92 Å². The summed E-state index contributed by atoms with van der Waals surface area (Å²) in [6, 6.07) is 2.52. The van der Waals surface area contributed by atoms with E-state index in [9.17, 15) is 18.0 Å². The predicted molar refractivity (Wildman–Crippen MR) is 89.4 cm³/mol. The van der Waals surface area contributed by atoms with Crippen LogP contribution in [0.5, 0.6) is 5.75 Å². The van der Waals surface area contributed by atoms with Crippen LogP contribution in [0.2, 0.25) is 5.02 Å². The fraction of sp³-hybridized carbons (Fsp3) is 0.333. The summed E-state index contributed by atoms with van der Waals surface area (Å²) in [7, 11) is -3.63. The molecule has 0 unspecified atom stereocenters. The van der Waals surface area contributed by atoms with Gasteiger partial charge in [0.1, 0.15) is 16.6 Å². The molecule has 1 saturated heterocycles. The fourth-order valence-electron chi connectivity index (χ4n) is 2.42. The molecule has 25 heavy (non-hydrogen) atoms. The lowest BCUT2D eigenvalue weighted by atomic mass is 10.0. The Labute approximate surface area is 148 Å². The van der Waals surface area contributed by atoms with E-state index in [1.54, 1.807) is 6.92 Å². The zero-order valence-electron chi connectivity index (χ0n) is 13.4. The number of halogens is 1. The summed E-state index contributed by atoms with van der Waals surface area (Å²) in [6.45, 7) is 2.16. The van der Waals surface area contributed by atoms with Gasteiger partial charge < -0.3 is 14.6 Å². The average Bonchev–Trinajstić information content (AvgIpc) is 2.81. The zero-order valence-corrected chi connectivity index (χ0v) is 15.0. The first kappa shape index (κ1) is 17.7. The van der Waals surface area contributed by atoms with E-state index in [1.165, 1.54) is 12.1 Å². The molecule has 1 fully saturated rings. The van der Waals surface area contributed by atoms with Crippen LogP contribution in [-0.4, -0.2) is 50.0 Å². The topological polar surface area (TPSA) is 118 Å². The fourth-order valence-corrected chi connectivity index (χ4v) is 3.57. The van der Waals surface area contributed by atoms with Gasteiger partial charge in [-0.3, -0.25) is 14.7 Å². The van der Waals surface area contributed by atoms with E-state index in [-0.39, 0.29) is 32.9 Å². The van der Waals surface area contributed by atoms with Crippen molar-refractivity contribution >= 4 is 27.2 Å². The number of aromatic nitrogens is 2. The number of nitrogens with one attached hydrogen (secondary N) is 2. The number of ketones is 1. The van der Waals surface area contributed by atoms with Gasteiger partial charge in [-0.15, -0.1) is 0 Å². The smallest absolute Gasteiger partial charge is 0.275 e. The Bertz CT molecular complexity index is 1000. The van der Waals surface area contributed by atoms with Crippen molar-refractivity contribution in [1.29, 1.82) is 0 Å². The predicted octanol–water partition coefficient (Wildman–Crippen LogP) is 1.08. The van der Waals surface area contributed by atoms with Crippen LogP contribution < -0.4 is 10.3 Å². The first-order chi connectivity index (χ1) is 11.7. The van der Waals surface area contributed by atoms with Gasteiger partial charge in [0.05, 0.1) is 18.2 Å². The van der Waals surface area contributed by atoms with Gasteiger partial charge in [0.2, 0.25) is 5.78 Å². The molecule has 0 amide bonds. The highest BCUT2D eigenvalue weighted by atomic mass is 35.5. The van der Waals surface area contributed by atoms with Crippen LogP contribution in [0.25, 0.3) is 0 Å². The molecule has 1 aliphatic rings. The standard InChI is InChI=1S/C15H15ClN2O6S/c1-7-11(15(20)18-17-7)13(19)9-3-4-10(25(2,21)22)14(12(9)16)24-8-5-23-6-8/h3-4,8H,5-6H2,1-2H3,(H2,17,18,20). The highest BCUT2D eigenvalue weighted by Gasteiger charge is 2.29. The molecule has 0 bridgehead atoms. The van der Waals surface area contributed by atoms with Gasteiger partial charge in [0, 0.05) is 17.5 Å². The molecule has 1 aromatic carbocycles. The Morgan fingerprint density at radius 2 is 2.00 bits per heavy atom. The SMILES string of the molecule is Cc1[nH][nH]c(=O)c1C(=O)c1ccc(S(C)(=O)=O)c(OC2COC2)c1Cl. The third-order valence-electron chi connectivity index (χ3n) is 3.79. The number of aromatic amines is 2. The third-order valence-corrected chi connectivity index (χ3v) is 5.29. The van der Waals surface area contributed by atoms with Crippen LogP contribution in [0.4, 0.5) is 0 Å². The number of carbonyl (C=O) groups excluding carboxylic acids is 1. The van der Waals surface area contributed by atoms with Crippen LogP contribution in [0.1, 0.15) is 21.6 Å². The van der Waals surface area contributed by atoms with Gasteiger partial charge in [-0.25, -0.2) is 8.42 Å². The van der Waals surface area contributed by atoms with E-state index in [0.717, 1.165) is 6.26 Å². The van der Waals surface area contributed by atoms with Crippen molar-refractivity contribution in [3.8, 4) is 5.75 Å². The van der Waals surface area contributed by atoms with E-state index in [4.69, 9.17) is 21.1 Å². The van der Waals surface area contributed by atoms with E-state index in [0.29, 0.717) is 18.9 Å². The van der Waals surface area contributed by atoms with Crippen molar-refractivity contribution in [2.75, 3.05) is 19.5 Å². The van der Waals surface area contributed by atoms with Gasteiger partial charge in [-0.1, -0.05) is 11.6 Å². The van der Waals surface area contributed by atoms with Gasteiger partial charge in [-0.05, 0) is 19.1 Å². The number of benzene rings is 1. The summed E-state index contributed by atoms with van der Waals surface area (Å²) >= 11 is 6.29. The number of sulfone groups is 1. The molecule has 0 spiro atoms. The first-order valence-electron chi connectivity index (χ1n) is 7.29. The van der Waals surface area contributed by atoms with Crippen molar-refractivity contribution in [1.82, 2.24) is 10.2 Å². The molecular formula is C15H15ClN2O6S. The molecule has 0 radical (unpaired) electrons. The second kappa shape index (κ2) is 6.32. The molecule has 2 aromatic rings. The van der Waals surface area contributed by atoms with E-state index < -0.39 is 21.2 Å². The lowest BCUT2D eigenvalue weighted by Gasteiger charge is -2.28. The Morgan fingerprint density at radius 1 is 1.32 bits per heavy atom. The van der Waals surface area contributed by atoms with E-state index >= 15 is 0 Å². The van der Waals surface area contributed by atoms with Crippen LogP contribution in [-0.2, 0) is 14.6 Å². The lowest BCUT2D eigenvalue weighted by molar-refractivity contribution is -0.0806. The number of rotatable bonds is 5. The molecule has 134 valence electrons. The average molecular weight is 387 g/mol. The van der Waals surface area contributed by atoms with Gasteiger partial charge in [-0.2, -0.15) is 0 Å². The number of carbonyl (C=O) groups is 1. The normalized spacial score (nSPS) is 15.0. The summed E-state index contributed by atoms with van der Waals surface area (Å²) in [5.41, 5.74) is -0.335. The summed E-state index contributed by atoms with van der Waals surface area (Å²) in [5.74, 6) is -0.729. The molecule has 8 nitrogen and oxygen atoms in total. The molecule has 1 aromatic heterocycles. The highest BCUT2D eigenvalue weighted by molar-refractivity contribution is 7.90. The minimum Gasteiger partial charge on any atom is -0.483 e. The third kappa shape index (κ3) is 3.22. The molecule has 3 rings (SSSR count). The number of aryl methyl sites for hydroxylation is 1. The monoisotopic (exact) mass is 386 g/mol. The van der Waals surface area contributed by atoms with Crippen molar-refractivity contribution < 1.29 is 22.7 Å². The maximum Gasteiger partial charge on any atom is 0.275 e. The Morgan fingerprint density at radius 3 is 2.48 bits per heavy atom. The first-order valence-corrected chi connectivity index (χ1v) is 9.56. The summed E-state index contributed by atoms with van der Waals surface area (Å²) in [4.78, 5) is 24.4. The molecule has 0 saturated carbocycles. The van der Waals surface area contributed by atoms with Gasteiger partial charge in [0.25, 0.3) is 5.56 Å². The van der Waals surface area contributed by atoms with Crippen molar-refractivity contribution in [3.63, 3.8) is 0 Å². The molecule has 0 atom stereocenters. The Kier molecular flexibility index (Phi) is 4.48. The van der Waals surface area contributed by atoms with Crippen LogP contribution >= 0.6 is 11.6 Å². The summed E-state index contributed by atoms with van der Waals surface area (Å²) in [6.07, 6.45) is 0.673. The van der Waals surface area contributed by atoms with E-state index in [2.05, 4.69) is 10.2 Å². The Balaban J connectivity index is 2.14. The van der Waals surface area contributed by atoms with Gasteiger partial charge in [0.15, 0.2) is 15.6 Å². The molecule has 2 N–H and O–H groups in total. The molecule has 0 aliphatic carbocycles. The van der Waals surface area contributed by atoms with Crippen LogP contribution in [0.3, 0.4) is 0 Å². The lowest BCUT2D eigenvalue weighted by Crippen LogP contribution is -2.39. The molecular weight excluding hydrogens is 372 g/mol. The number of ether oxygens (including phenoxy) is 2. The van der Waals surface area contributed by atoms with Crippen molar-refractivity contribution in [2.24, 2.45) is 0 Å². The quantitative estimate of drug-likeness (QED) is 0.742. The summed E-state index contributed by atoms with van der Waals surface area (Å²) in [5, 5.41) is 4.73.